The lowest BCUT2D eigenvalue weighted by Crippen LogP contribution is -2.00. The Morgan fingerprint density at radius 1 is 1.33 bits per heavy atom. The molecule has 0 atom stereocenters. The Kier molecular flexibility index (Phi) is 2.12. The highest BCUT2D eigenvalue weighted by atomic mass is 16.4. The fourth-order valence-corrected chi connectivity index (χ4v) is 1.74. The molecule has 1 aromatic carbocycles. The average Bonchev–Trinajstić information content (AvgIpc) is 2.93. The monoisotopic (exact) mass is 243 g/mol. The van der Waals surface area contributed by atoms with Crippen molar-refractivity contribution in [2.45, 2.75) is 0 Å². The summed E-state index contributed by atoms with van der Waals surface area (Å²) in [5, 5.41) is 21.1. The molecule has 0 saturated carbocycles. The summed E-state index contributed by atoms with van der Waals surface area (Å²) in [4.78, 5) is 10.9. The van der Waals surface area contributed by atoms with Crippen LogP contribution >= 0.6 is 0 Å². The van der Waals surface area contributed by atoms with E-state index in [0.717, 1.165) is 0 Å². The summed E-state index contributed by atoms with van der Waals surface area (Å²) in [6.07, 6.45) is 1.78. The van der Waals surface area contributed by atoms with Crippen LogP contribution in [0.2, 0.25) is 0 Å². The predicted octanol–water partition coefficient (Wildman–Crippen LogP) is 0.852. The van der Waals surface area contributed by atoms with Crippen molar-refractivity contribution in [3.8, 4) is 5.82 Å². The minimum absolute atomic E-state index is 0.196. The Bertz CT molecular complexity index is 743. The molecule has 18 heavy (non-hydrogen) atoms. The maximum Gasteiger partial charge on any atom is 0.335 e. The number of carboxylic acid groups (broad SMARTS) is 1. The summed E-state index contributed by atoms with van der Waals surface area (Å²) in [6.45, 7) is 0. The number of aromatic carboxylic acids is 1. The maximum atomic E-state index is 10.9. The van der Waals surface area contributed by atoms with Crippen molar-refractivity contribution < 1.29 is 9.90 Å². The molecule has 0 saturated heterocycles. The van der Waals surface area contributed by atoms with E-state index in [9.17, 15) is 4.79 Å². The Hall–Kier alpha value is -2.70. The third-order valence-electron chi connectivity index (χ3n) is 2.61. The van der Waals surface area contributed by atoms with E-state index < -0.39 is 5.97 Å². The van der Waals surface area contributed by atoms with Crippen LogP contribution in [0.25, 0.3) is 16.9 Å². The Morgan fingerprint density at radius 3 is 2.83 bits per heavy atom. The summed E-state index contributed by atoms with van der Waals surface area (Å²) in [5.74, 6) is -0.381. The first-order valence-electron chi connectivity index (χ1n) is 5.24. The summed E-state index contributed by atoms with van der Waals surface area (Å²) in [7, 11) is 1.80. The van der Waals surface area contributed by atoms with Gasteiger partial charge in [0.15, 0.2) is 5.82 Å². The molecule has 7 heteroatoms. The second kappa shape index (κ2) is 3.66. The van der Waals surface area contributed by atoms with Gasteiger partial charge in [-0.1, -0.05) is 5.21 Å². The van der Waals surface area contributed by atoms with Gasteiger partial charge < -0.3 is 5.11 Å². The second-order valence-corrected chi connectivity index (χ2v) is 3.86. The number of fused-ring (bicyclic) bond motifs is 1. The van der Waals surface area contributed by atoms with E-state index in [1.54, 1.807) is 30.1 Å². The molecule has 1 N–H and O–H groups in total. The quantitative estimate of drug-likeness (QED) is 0.721. The van der Waals surface area contributed by atoms with Gasteiger partial charge in [0.05, 0.1) is 11.1 Å². The fourth-order valence-electron chi connectivity index (χ4n) is 1.74. The number of aromatic nitrogens is 5. The molecule has 0 fully saturated rings. The van der Waals surface area contributed by atoms with Crippen molar-refractivity contribution in [3.63, 3.8) is 0 Å². The van der Waals surface area contributed by atoms with E-state index in [4.69, 9.17) is 5.11 Å². The number of carbonyl (C=O) groups is 1. The van der Waals surface area contributed by atoms with Gasteiger partial charge in [-0.2, -0.15) is 9.78 Å². The van der Waals surface area contributed by atoms with Crippen molar-refractivity contribution in [2.24, 2.45) is 7.05 Å². The molecule has 2 aromatic heterocycles. The Labute approximate surface area is 101 Å². The smallest absolute Gasteiger partial charge is 0.335 e. The van der Waals surface area contributed by atoms with Crippen LogP contribution in [0.3, 0.4) is 0 Å². The lowest BCUT2D eigenvalue weighted by atomic mass is 10.2. The molecule has 0 aliphatic heterocycles. The summed E-state index contributed by atoms with van der Waals surface area (Å²) >= 11 is 0. The topological polar surface area (TPSA) is 85.8 Å². The summed E-state index contributed by atoms with van der Waals surface area (Å²) in [6, 6.07) is 6.45. The van der Waals surface area contributed by atoms with Crippen molar-refractivity contribution in [1.29, 1.82) is 0 Å². The SMILES string of the molecule is Cn1ccc(-n2nnc3ccc(C(=O)O)cc32)n1. The summed E-state index contributed by atoms with van der Waals surface area (Å²) in [5.41, 5.74) is 1.45. The van der Waals surface area contributed by atoms with Gasteiger partial charge in [0.25, 0.3) is 0 Å². The van der Waals surface area contributed by atoms with Crippen molar-refractivity contribution >= 4 is 17.0 Å². The van der Waals surface area contributed by atoms with Crippen LogP contribution in [0, 0.1) is 0 Å². The third-order valence-corrected chi connectivity index (χ3v) is 2.61. The number of hydrogen-bond acceptors (Lipinski definition) is 4. The van der Waals surface area contributed by atoms with Crippen LogP contribution in [0.15, 0.2) is 30.5 Å². The minimum atomic E-state index is -0.981. The molecule has 7 nitrogen and oxygen atoms in total. The number of benzene rings is 1. The van der Waals surface area contributed by atoms with Crippen molar-refractivity contribution in [3.05, 3.63) is 36.0 Å². The van der Waals surface area contributed by atoms with Gasteiger partial charge in [-0.3, -0.25) is 4.68 Å². The number of aryl methyl sites for hydroxylation is 1. The highest BCUT2D eigenvalue weighted by Gasteiger charge is 2.11. The fraction of sp³-hybridized carbons (Fsp3) is 0.0909. The zero-order valence-corrected chi connectivity index (χ0v) is 9.48. The first-order chi connectivity index (χ1) is 8.65. The molecule has 0 bridgehead atoms. The van der Waals surface area contributed by atoms with Gasteiger partial charge >= 0.3 is 5.97 Å². The molecule has 3 aromatic rings. The van der Waals surface area contributed by atoms with E-state index >= 15 is 0 Å². The highest BCUT2D eigenvalue weighted by Crippen LogP contribution is 2.16. The normalized spacial score (nSPS) is 10.9. The first-order valence-corrected chi connectivity index (χ1v) is 5.24. The molecule has 2 heterocycles. The lowest BCUT2D eigenvalue weighted by molar-refractivity contribution is 0.0697. The molecular weight excluding hydrogens is 234 g/mol. The molecule has 0 aliphatic carbocycles. The second-order valence-electron chi connectivity index (χ2n) is 3.86. The molecule has 0 spiro atoms. The lowest BCUT2D eigenvalue weighted by Gasteiger charge is -1.98. The first kappa shape index (κ1) is 10.5. The molecule has 0 amide bonds. The van der Waals surface area contributed by atoms with E-state index in [1.165, 1.54) is 16.8 Å². The van der Waals surface area contributed by atoms with Crippen LogP contribution in [0.5, 0.6) is 0 Å². The van der Waals surface area contributed by atoms with E-state index in [2.05, 4.69) is 15.4 Å². The van der Waals surface area contributed by atoms with Gasteiger partial charge in [-0.25, -0.2) is 4.79 Å². The van der Waals surface area contributed by atoms with Gasteiger partial charge in [0.2, 0.25) is 0 Å². The Morgan fingerprint density at radius 2 is 2.17 bits per heavy atom. The van der Waals surface area contributed by atoms with Crippen LogP contribution in [0.1, 0.15) is 10.4 Å². The average molecular weight is 243 g/mol. The highest BCUT2D eigenvalue weighted by molar-refractivity contribution is 5.92. The zero-order valence-electron chi connectivity index (χ0n) is 9.48. The van der Waals surface area contributed by atoms with Gasteiger partial charge in [0, 0.05) is 19.3 Å². The van der Waals surface area contributed by atoms with Gasteiger partial charge in [-0.15, -0.1) is 5.10 Å². The van der Waals surface area contributed by atoms with Crippen molar-refractivity contribution in [2.75, 3.05) is 0 Å². The van der Waals surface area contributed by atoms with Gasteiger partial charge in [-0.05, 0) is 18.2 Å². The van der Waals surface area contributed by atoms with Crippen LogP contribution < -0.4 is 0 Å². The van der Waals surface area contributed by atoms with E-state index in [0.29, 0.717) is 16.9 Å². The van der Waals surface area contributed by atoms with Crippen LogP contribution in [-0.4, -0.2) is 35.9 Å². The van der Waals surface area contributed by atoms with E-state index in [1.807, 2.05) is 0 Å². The maximum absolute atomic E-state index is 10.9. The van der Waals surface area contributed by atoms with Crippen LogP contribution in [-0.2, 0) is 7.05 Å². The van der Waals surface area contributed by atoms with Gasteiger partial charge in [0.1, 0.15) is 5.52 Å². The molecule has 0 unspecified atom stereocenters. The summed E-state index contributed by atoms with van der Waals surface area (Å²) < 4.78 is 3.16. The largest absolute Gasteiger partial charge is 0.478 e. The standard InChI is InChI=1S/C11H9N5O2/c1-15-5-4-10(13-15)16-9-6-7(11(17)18)2-3-8(9)12-14-16/h2-6H,1H3,(H,17,18). The molecule has 0 radical (unpaired) electrons. The predicted molar refractivity (Wildman–Crippen MR) is 62.6 cm³/mol. The van der Waals surface area contributed by atoms with Crippen molar-refractivity contribution in [1.82, 2.24) is 24.8 Å². The number of rotatable bonds is 2. The molecule has 0 aliphatic rings. The Balaban J connectivity index is 2.23. The third kappa shape index (κ3) is 1.53. The number of nitrogens with zero attached hydrogens (tertiary/aromatic N) is 5. The molecule has 90 valence electrons. The minimum Gasteiger partial charge on any atom is -0.478 e. The molecule has 3 rings (SSSR count). The van der Waals surface area contributed by atoms with E-state index in [-0.39, 0.29) is 5.56 Å². The molecular formula is C11H9N5O2. The zero-order chi connectivity index (χ0) is 12.7. The number of carboxylic acids is 1. The number of hydrogen-bond donors (Lipinski definition) is 1. The van der Waals surface area contributed by atoms with Crippen LogP contribution in [0.4, 0.5) is 0 Å².